The lowest BCUT2D eigenvalue weighted by Crippen LogP contribution is -1.99. The fourth-order valence-electron chi connectivity index (χ4n) is 0.712. The van der Waals surface area contributed by atoms with Crippen molar-refractivity contribution in [3.8, 4) is 6.07 Å². The summed E-state index contributed by atoms with van der Waals surface area (Å²) in [5.41, 5.74) is 2.44. The van der Waals surface area contributed by atoms with Crippen molar-refractivity contribution in [1.29, 1.82) is 5.26 Å². The van der Waals surface area contributed by atoms with Gasteiger partial charge in [0.05, 0.1) is 6.54 Å². The molecular formula is C7H7ClN4. The highest BCUT2D eigenvalue weighted by Crippen LogP contribution is 1.99. The van der Waals surface area contributed by atoms with Crippen molar-refractivity contribution in [3.63, 3.8) is 0 Å². The van der Waals surface area contributed by atoms with E-state index in [0.29, 0.717) is 6.54 Å². The summed E-state index contributed by atoms with van der Waals surface area (Å²) in [4.78, 5) is 3.74. The molecule has 0 saturated heterocycles. The smallest absolute Gasteiger partial charge is 0.247 e. The third-order valence-corrected chi connectivity index (χ3v) is 1.61. The van der Waals surface area contributed by atoms with E-state index in [1.54, 1.807) is 4.68 Å². The second-order valence-corrected chi connectivity index (χ2v) is 2.55. The van der Waals surface area contributed by atoms with Crippen molar-refractivity contribution < 1.29 is 0 Å². The van der Waals surface area contributed by atoms with Crippen molar-refractivity contribution >= 4 is 11.6 Å². The van der Waals surface area contributed by atoms with Crippen molar-refractivity contribution in [2.24, 2.45) is 0 Å². The van der Waals surface area contributed by atoms with Gasteiger partial charge in [0, 0.05) is 5.54 Å². The maximum atomic E-state index is 8.41. The van der Waals surface area contributed by atoms with Crippen LogP contribution >= 0.6 is 11.6 Å². The number of aromatic nitrogens is 3. The molecule has 0 aromatic carbocycles. The van der Waals surface area contributed by atoms with Crippen molar-refractivity contribution in [2.45, 2.75) is 13.5 Å². The zero-order valence-corrected chi connectivity index (χ0v) is 7.28. The van der Waals surface area contributed by atoms with Crippen LogP contribution in [0.1, 0.15) is 12.7 Å². The van der Waals surface area contributed by atoms with Gasteiger partial charge in [-0.2, -0.15) is 5.26 Å². The van der Waals surface area contributed by atoms with Gasteiger partial charge in [-0.3, -0.25) is 0 Å². The van der Waals surface area contributed by atoms with E-state index in [0.717, 1.165) is 5.57 Å². The zero-order chi connectivity index (χ0) is 8.97. The van der Waals surface area contributed by atoms with Gasteiger partial charge in [-0.25, -0.2) is 9.67 Å². The molecule has 0 N–H and O–H groups in total. The van der Waals surface area contributed by atoms with Gasteiger partial charge in [0.25, 0.3) is 5.82 Å². The molecule has 0 unspecified atom stereocenters. The minimum atomic E-state index is 0.178. The maximum absolute atomic E-state index is 8.41. The number of allylic oxidation sites excluding steroid dienone is 1. The van der Waals surface area contributed by atoms with Gasteiger partial charge in [-0.1, -0.05) is 11.6 Å². The fourth-order valence-corrected chi connectivity index (χ4v) is 0.781. The van der Waals surface area contributed by atoms with E-state index >= 15 is 0 Å². The predicted molar refractivity (Wildman–Crippen MR) is 44.3 cm³/mol. The van der Waals surface area contributed by atoms with E-state index < -0.39 is 0 Å². The first kappa shape index (κ1) is 8.75. The van der Waals surface area contributed by atoms with Crippen molar-refractivity contribution in [2.75, 3.05) is 0 Å². The summed E-state index contributed by atoms with van der Waals surface area (Å²) in [5.74, 6) is 0.178. The van der Waals surface area contributed by atoms with Gasteiger partial charge in [0.2, 0.25) is 0 Å². The molecule has 5 heteroatoms. The molecule has 0 aliphatic heterocycles. The average Bonchev–Trinajstić information content (AvgIpc) is 2.52. The Labute approximate surface area is 75.1 Å². The summed E-state index contributed by atoms with van der Waals surface area (Å²) in [6.45, 7) is 2.44. The molecule has 0 atom stereocenters. The Morgan fingerprint density at radius 3 is 3.17 bits per heavy atom. The molecule has 1 heterocycles. The summed E-state index contributed by atoms with van der Waals surface area (Å²) in [5, 5.41) is 12.3. The van der Waals surface area contributed by atoms with E-state index in [2.05, 4.69) is 10.1 Å². The number of nitrogens with zero attached hydrogens (tertiary/aromatic N) is 4. The first-order valence-corrected chi connectivity index (χ1v) is 3.75. The molecule has 0 aliphatic carbocycles. The molecule has 0 aliphatic rings. The summed E-state index contributed by atoms with van der Waals surface area (Å²) >= 11 is 5.45. The van der Waals surface area contributed by atoms with Crippen LogP contribution in [0.2, 0.25) is 0 Å². The highest BCUT2D eigenvalue weighted by atomic mass is 35.5. The monoisotopic (exact) mass is 182 g/mol. The molecule has 0 saturated carbocycles. The lowest BCUT2D eigenvalue weighted by molar-refractivity contribution is 0.674. The van der Waals surface area contributed by atoms with Gasteiger partial charge < -0.3 is 0 Å². The fraction of sp³-hybridized carbons (Fsp3) is 0.286. The third-order valence-electron chi connectivity index (χ3n) is 1.23. The number of rotatable bonds is 2. The Bertz CT molecular complexity index is 333. The number of hydrogen-bond donors (Lipinski definition) is 0. The van der Waals surface area contributed by atoms with Crippen LogP contribution in [0, 0.1) is 11.3 Å². The Kier molecular flexibility index (Phi) is 2.83. The summed E-state index contributed by atoms with van der Waals surface area (Å²) < 4.78 is 1.56. The normalized spacial score (nSPS) is 11.2. The molecule has 0 fully saturated rings. The quantitative estimate of drug-likeness (QED) is 0.693. The molecule has 0 radical (unpaired) electrons. The lowest BCUT2D eigenvalue weighted by atomic mass is 10.4. The van der Waals surface area contributed by atoms with Crippen molar-refractivity contribution in [3.05, 3.63) is 23.3 Å². The maximum Gasteiger partial charge on any atom is 0.252 e. The minimum absolute atomic E-state index is 0.178. The van der Waals surface area contributed by atoms with E-state index in [1.807, 2.05) is 13.0 Å². The SMILES string of the molecule is CC(=CCl)Cn1cnc(C#N)n1. The van der Waals surface area contributed by atoms with Crippen molar-refractivity contribution in [1.82, 2.24) is 14.8 Å². The van der Waals surface area contributed by atoms with Gasteiger partial charge in [-0.15, -0.1) is 5.10 Å². The van der Waals surface area contributed by atoms with Gasteiger partial charge in [0.1, 0.15) is 12.4 Å². The van der Waals surface area contributed by atoms with Crippen LogP contribution < -0.4 is 0 Å². The number of halogens is 1. The van der Waals surface area contributed by atoms with Crippen LogP contribution in [-0.4, -0.2) is 14.8 Å². The molecule has 1 aromatic heterocycles. The van der Waals surface area contributed by atoms with Crippen LogP contribution in [0.3, 0.4) is 0 Å². The first-order valence-electron chi connectivity index (χ1n) is 3.31. The molecule has 62 valence electrons. The summed E-state index contributed by atoms with van der Waals surface area (Å²) in [6.07, 6.45) is 1.50. The summed E-state index contributed by atoms with van der Waals surface area (Å²) in [6, 6.07) is 1.84. The highest BCUT2D eigenvalue weighted by molar-refractivity contribution is 6.25. The molecule has 0 amide bonds. The molecular weight excluding hydrogens is 176 g/mol. The second kappa shape index (κ2) is 3.88. The largest absolute Gasteiger partial charge is 0.252 e. The molecule has 1 aromatic rings. The highest BCUT2D eigenvalue weighted by Gasteiger charge is 1.98. The Balaban J connectivity index is 2.72. The van der Waals surface area contributed by atoms with Crippen LogP contribution in [-0.2, 0) is 6.54 Å². The minimum Gasteiger partial charge on any atom is -0.247 e. The zero-order valence-electron chi connectivity index (χ0n) is 6.53. The van der Waals surface area contributed by atoms with Crippen LogP contribution in [0.4, 0.5) is 0 Å². The van der Waals surface area contributed by atoms with Gasteiger partial charge in [-0.05, 0) is 12.5 Å². The molecule has 4 nitrogen and oxygen atoms in total. The predicted octanol–water partition coefficient (Wildman–Crippen LogP) is 1.29. The van der Waals surface area contributed by atoms with Crippen LogP contribution in [0.25, 0.3) is 0 Å². The average molecular weight is 183 g/mol. The number of nitriles is 1. The lowest BCUT2D eigenvalue weighted by Gasteiger charge is -1.96. The van der Waals surface area contributed by atoms with E-state index in [4.69, 9.17) is 16.9 Å². The van der Waals surface area contributed by atoms with Crippen LogP contribution in [0.15, 0.2) is 17.4 Å². The standard InChI is InChI=1S/C7H7ClN4/c1-6(2-8)4-12-5-10-7(3-9)11-12/h2,5H,4H2,1H3. The molecule has 0 bridgehead atoms. The van der Waals surface area contributed by atoms with Gasteiger partial charge in [0.15, 0.2) is 0 Å². The van der Waals surface area contributed by atoms with E-state index in [-0.39, 0.29) is 5.82 Å². The first-order chi connectivity index (χ1) is 5.76. The Hall–Kier alpha value is -1.34. The van der Waals surface area contributed by atoms with E-state index in [9.17, 15) is 0 Å². The van der Waals surface area contributed by atoms with Gasteiger partial charge >= 0.3 is 0 Å². The third kappa shape index (κ3) is 2.07. The summed E-state index contributed by atoms with van der Waals surface area (Å²) in [7, 11) is 0. The van der Waals surface area contributed by atoms with E-state index in [1.165, 1.54) is 11.9 Å². The number of hydrogen-bond acceptors (Lipinski definition) is 3. The Morgan fingerprint density at radius 2 is 2.67 bits per heavy atom. The molecule has 1 rings (SSSR count). The second-order valence-electron chi connectivity index (χ2n) is 2.33. The van der Waals surface area contributed by atoms with Crippen LogP contribution in [0.5, 0.6) is 0 Å². The topological polar surface area (TPSA) is 54.5 Å². The molecule has 0 spiro atoms. The molecule has 12 heavy (non-hydrogen) atoms. The Morgan fingerprint density at radius 1 is 1.92 bits per heavy atom.